The highest BCUT2D eigenvalue weighted by Gasteiger charge is 1.98. The lowest BCUT2D eigenvalue weighted by atomic mass is 10.1. The molecule has 0 amide bonds. The molecule has 0 atom stereocenters. The van der Waals surface area contributed by atoms with E-state index >= 15 is 0 Å². The van der Waals surface area contributed by atoms with Gasteiger partial charge in [0, 0.05) is 24.3 Å². The zero-order chi connectivity index (χ0) is 10.5. The van der Waals surface area contributed by atoms with Gasteiger partial charge in [-0.25, -0.2) is 0 Å². The van der Waals surface area contributed by atoms with Gasteiger partial charge in [-0.1, -0.05) is 13.3 Å². The van der Waals surface area contributed by atoms with Crippen LogP contribution >= 0.6 is 0 Å². The number of aryl methyl sites for hydroxylation is 1. The Morgan fingerprint density at radius 3 is 2.47 bits per heavy atom. The molecule has 0 fully saturated rings. The molecule has 2 heterocycles. The number of hydrogen-bond donors (Lipinski definition) is 0. The van der Waals surface area contributed by atoms with E-state index < -0.39 is 0 Å². The fourth-order valence-electron chi connectivity index (χ4n) is 1.59. The van der Waals surface area contributed by atoms with E-state index in [0.717, 1.165) is 18.5 Å². The second kappa shape index (κ2) is 4.69. The molecule has 2 aromatic heterocycles. The third kappa shape index (κ3) is 2.40. The maximum absolute atomic E-state index is 4.34. The van der Waals surface area contributed by atoms with Crippen LogP contribution in [0.2, 0.25) is 0 Å². The van der Waals surface area contributed by atoms with Crippen molar-refractivity contribution >= 4 is 0 Å². The summed E-state index contributed by atoms with van der Waals surface area (Å²) in [4.78, 5) is 8.35. The SMILES string of the molecule is CCCc1cc(-c2ccncc2)ccn1. The molecule has 0 saturated carbocycles. The molecule has 0 aromatic carbocycles. The van der Waals surface area contributed by atoms with E-state index in [0.29, 0.717) is 0 Å². The van der Waals surface area contributed by atoms with E-state index in [1.165, 1.54) is 11.1 Å². The Bertz CT molecular complexity index is 424. The quantitative estimate of drug-likeness (QED) is 0.757. The molecule has 0 aliphatic rings. The van der Waals surface area contributed by atoms with Crippen LogP contribution in [-0.2, 0) is 6.42 Å². The van der Waals surface area contributed by atoms with E-state index in [2.05, 4.69) is 23.0 Å². The zero-order valence-corrected chi connectivity index (χ0v) is 8.85. The first-order valence-corrected chi connectivity index (χ1v) is 5.25. The van der Waals surface area contributed by atoms with Gasteiger partial charge in [0.1, 0.15) is 0 Å². The van der Waals surface area contributed by atoms with Gasteiger partial charge in [-0.15, -0.1) is 0 Å². The molecule has 0 aliphatic heterocycles. The highest BCUT2D eigenvalue weighted by molar-refractivity contribution is 5.62. The van der Waals surface area contributed by atoms with E-state index in [9.17, 15) is 0 Å². The summed E-state index contributed by atoms with van der Waals surface area (Å²) in [5.41, 5.74) is 3.58. The molecule has 2 rings (SSSR count). The number of pyridine rings is 2. The molecule has 2 nitrogen and oxygen atoms in total. The number of rotatable bonds is 3. The topological polar surface area (TPSA) is 25.8 Å². The molecule has 0 unspecified atom stereocenters. The van der Waals surface area contributed by atoms with Crippen molar-refractivity contribution in [3.05, 3.63) is 48.5 Å². The van der Waals surface area contributed by atoms with Crippen LogP contribution in [0.15, 0.2) is 42.9 Å². The van der Waals surface area contributed by atoms with Crippen LogP contribution in [0, 0.1) is 0 Å². The van der Waals surface area contributed by atoms with E-state index in [1.807, 2.05) is 36.8 Å². The smallest absolute Gasteiger partial charge is 0.0409 e. The lowest BCUT2D eigenvalue weighted by molar-refractivity contribution is 0.883. The molecule has 2 heteroatoms. The van der Waals surface area contributed by atoms with Gasteiger partial charge < -0.3 is 0 Å². The van der Waals surface area contributed by atoms with Crippen LogP contribution in [0.5, 0.6) is 0 Å². The third-order valence-corrected chi connectivity index (χ3v) is 2.34. The minimum Gasteiger partial charge on any atom is -0.265 e. The lowest BCUT2D eigenvalue weighted by Gasteiger charge is -2.03. The predicted octanol–water partition coefficient (Wildman–Crippen LogP) is 3.10. The van der Waals surface area contributed by atoms with Gasteiger partial charge in [-0.2, -0.15) is 0 Å². The van der Waals surface area contributed by atoms with Crippen molar-refractivity contribution < 1.29 is 0 Å². The highest BCUT2D eigenvalue weighted by Crippen LogP contribution is 2.18. The molecule has 0 saturated heterocycles. The van der Waals surface area contributed by atoms with Gasteiger partial charge in [0.05, 0.1) is 0 Å². The minimum absolute atomic E-state index is 1.04. The summed E-state index contributed by atoms with van der Waals surface area (Å²) in [6, 6.07) is 8.23. The highest BCUT2D eigenvalue weighted by atomic mass is 14.7. The molecule has 76 valence electrons. The van der Waals surface area contributed by atoms with Gasteiger partial charge in [-0.3, -0.25) is 9.97 Å². The number of nitrogens with zero attached hydrogens (tertiary/aromatic N) is 2. The Morgan fingerprint density at radius 2 is 1.73 bits per heavy atom. The summed E-state index contributed by atoms with van der Waals surface area (Å²) in [7, 11) is 0. The fourth-order valence-corrected chi connectivity index (χ4v) is 1.59. The summed E-state index contributed by atoms with van der Waals surface area (Å²) in [5.74, 6) is 0. The van der Waals surface area contributed by atoms with Crippen molar-refractivity contribution in [1.29, 1.82) is 0 Å². The summed E-state index contributed by atoms with van der Waals surface area (Å²) in [6.07, 6.45) is 7.68. The Labute approximate surface area is 90.0 Å². The lowest BCUT2D eigenvalue weighted by Crippen LogP contribution is -1.89. The molecule has 0 N–H and O–H groups in total. The summed E-state index contributed by atoms with van der Waals surface area (Å²) in [6.45, 7) is 2.17. The summed E-state index contributed by atoms with van der Waals surface area (Å²) in [5, 5.41) is 0. The maximum atomic E-state index is 4.34. The van der Waals surface area contributed by atoms with Gasteiger partial charge in [0.2, 0.25) is 0 Å². The number of aromatic nitrogens is 2. The van der Waals surface area contributed by atoms with E-state index in [1.54, 1.807) is 0 Å². The molecular weight excluding hydrogens is 184 g/mol. The molecule has 0 spiro atoms. The summed E-state index contributed by atoms with van der Waals surface area (Å²) >= 11 is 0. The standard InChI is InChI=1S/C13H14N2/c1-2-3-13-10-12(6-9-15-13)11-4-7-14-8-5-11/h4-10H,2-3H2,1H3. The average Bonchev–Trinajstić information content (AvgIpc) is 2.31. The summed E-state index contributed by atoms with van der Waals surface area (Å²) < 4.78 is 0. The first-order chi connectivity index (χ1) is 7.40. The van der Waals surface area contributed by atoms with Gasteiger partial charge in [-0.05, 0) is 41.8 Å². The monoisotopic (exact) mass is 198 g/mol. The first-order valence-electron chi connectivity index (χ1n) is 5.25. The maximum Gasteiger partial charge on any atom is 0.0409 e. The Balaban J connectivity index is 2.33. The number of hydrogen-bond acceptors (Lipinski definition) is 2. The molecule has 0 aliphatic carbocycles. The van der Waals surface area contributed by atoms with E-state index in [-0.39, 0.29) is 0 Å². The van der Waals surface area contributed by atoms with Gasteiger partial charge in [0.15, 0.2) is 0 Å². The minimum atomic E-state index is 1.04. The fraction of sp³-hybridized carbons (Fsp3) is 0.231. The molecule has 0 radical (unpaired) electrons. The van der Waals surface area contributed by atoms with Crippen molar-refractivity contribution in [2.45, 2.75) is 19.8 Å². The third-order valence-electron chi connectivity index (χ3n) is 2.34. The second-order valence-electron chi connectivity index (χ2n) is 3.52. The average molecular weight is 198 g/mol. The zero-order valence-electron chi connectivity index (χ0n) is 8.85. The van der Waals surface area contributed by atoms with Crippen LogP contribution < -0.4 is 0 Å². The molecule has 0 bridgehead atoms. The van der Waals surface area contributed by atoms with E-state index in [4.69, 9.17) is 0 Å². The largest absolute Gasteiger partial charge is 0.265 e. The van der Waals surface area contributed by atoms with Crippen LogP contribution in [-0.4, -0.2) is 9.97 Å². The first kappa shape index (κ1) is 9.84. The van der Waals surface area contributed by atoms with Crippen molar-refractivity contribution in [2.75, 3.05) is 0 Å². The Hall–Kier alpha value is -1.70. The molecule has 15 heavy (non-hydrogen) atoms. The second-order valence-corrected chi connectivity index (χ2v) is 3.52. The van der Waals surface area contributed by atoms with Crippen LogP contribution in [0.25, 0.3) is 11.1 Å². The van der Waals surface area contributed by atoms with Crippen LogP contribution in [0.1, 0.15) is 19.0 Å². The van der Waals surface area contributed by atoms with Crippen molar-refractivity contribution in [1.82, 2.24) is 9.97 Å². The Morgan fingerprint density at radius 1 is 1.00 bits per heavy atom. The van der Waals surface area contributed by atoms with Gasteiger partial charge in [0.25, 0.3) is 0 Å². The normalized spacial score (nSPS) is 10.2. The predicted molar refractivity (Wildman–Crippen MR) is 61.5 cm³/mol. The Kier molecular flexibility index (Phi) is 3.08. The van der Waals surface area contributed by atoms with Crippen molar-refractivity contribution in [3.8, 4) is 11.1 Å². The van der Waals surface area contributed by atoms with Crippen LogP contribution in [0.3, 0.4) is 0 Å². The van der Waals surface area contributed by atoms with Crippen LogP contribution in [0.4, 0.5) is 0 Å². The van der Waals surface area contributed by atoms with Crippen molar-refractivity contribution in [2.24, 2.45) is 0 Å². The molecule has 2 aromatic rings. The van der Waals surface area contributed by atoms with Gasteiger partial charge >= 0.3 is 0 Å². The molecular formula is C13H14N2. The van der Waals surface area contributed by atoms with Crippen molar-refractivity contribution in [3.63, 3.8) is 0 Å².